The molecule has 2 amide bonds. The number of hydrogen-bond acceptors (Lipinski definition) is 4. The number of rotatable bonds is 5. The van der Waals surface area contributed by atoms with Gasteiger partial charge in [0.05, 0.1) is 27.4 Å². The van der Waals surface area contributed by atoms with Crippen LogP contribution in [0.3, 0.4) is 0 Å². The SMILES string of the molecule is COc1cc([C@H]2c3cccn3CCN2C(=O)Nc2ccccc2)cc(OC)c1OC. The van der Waals surface area contributed by atoms with Crippen LogP contribution in [-0.4, -0.2) is 43.4 Å². The van der Waals surface area contributed by atoms with Crippen LogP contribution in [0.1, 0.15) is 17.3 Å². The standard InChI is InChI=1S/C23H25N3O4/c1-28-19-14-16(15-20(29-2)22(19)30-3)21-18-10-7-11-25(18)12-13-26(21)23(27)24-17-8-5-4-6-9-17/h4-11,14-15,21H,12-13H2,1-3H3,(H,24,27)/t21-/m0/s1. The van der Waals surface area contributed by atoms with Crippen molar-refractivity contribution in [3.8, 4) is 17.2 Å². The zero-order valence-electron chi connectivity index (χ0n) is 17.3. The first-order chi connectivity index (χ1) is 14.7. The number of carbonyl (C=O) groups excluding carboxylic acids is 1. The molecule has 7 heteroatoms. The van der Waals surface area contributed by atoms with Crippen molar-refractivity contribution < 1.29 is 19.0 Å². The molecule has 0 radical (unpaired) electrons. The molecule has 30 heavy (non-hydrogen) atoms. The van der Waals surface area contributed by atoms with Crippen molar-refractivity contribution in [1.82, 2.24) is 9.47 Å². The maximum Gasteiger partial charge on any atom is 0.322 e. The summed E-state index contributed by atoms with van der Waals surface area (Å²) >= 11 is 0. The van der Waals surface area contributed by atoms with E-state index in [1.165, 1.54) is 0 Å². The van der Waals surface area contributed by atoms with Gasteiger partial charge >= 0.3 is 6.03 Å². The van der Waals surface area contributed by atoms with Crippen molar-refractivity contribution in [3.63, 3.8) is 0 Å². The van der Waals surface area contributed by atoms with E-state index in [0.717, 1.165) is 23.5 Å². The van der Waals surface area contributed by atoms with Crippen LogP contribution in [0.15, 0.2) is 60.8 Å². The molecule has 0 saturated carbocycles. The van der Waals surface area contributed by atoms with Crippen molar-refractivity contribution in [2.75, 3.05) is 33.2 Å². The number of aromatic nitrogens is 1. The summed E-state index contributed by atoms with van der Waals surface area (Å²) in [6.07, 6.45) is 2.03. The van der Waals surface area contributed by atoms with Crippen LogP contribution in [0.5, 0.6) is 17.2 Å². The van der Waals surface area contributed by atoms with Gasteiger partial charge in [0.1, 0.15) is 0 Å². The van der Waals surface area contributed by atoms with Gasteiger partial charge in [-0.15, -0.1) is 0 Å². The number of ether oxygens (including phenoxy) is 3. The van der Waals surface area contributed by atoms with Crippen LogP contribution in [0.4, 0.5) is 10.5 Å². The van der Waals surface area contributed by atoms with E-state index in [9.17, 15) is 4.79 Å². The van der Waals surface area contributed by atoms with E-state index in [4.69, 9.17) is 14.2 Å². The smallest absolute Gasteiger partial charge is 0.322 e. The molecule has 0 unspecified atom stereocenters. The van der Waals surface area contributed by atoms with E-state index in [2.05, 4.69) is 9.88 Å². The van der Waals surface area contributed by atoms with Crippen molar-refractivity contribution in [1.29, 1.82) is 0 Å². The molecule has 0 fully saturated rings. The van der Waals surface area contributed by atoms with Gasteiger partial charge in [-0.1, -0.05) is 18.2 Å². The van der Waals surface area contributed by atoms with E-state index in [1.807, 2.05) is 65.7 Å². The Balaban J connectivity index is 1.77. The molecule has 0 bridgehead atoms. The number of carbonyl (C=O) groups is 1. The first kappa shape index (κ1) is 19.7. The summed E-state index contributed by atoms with van der Waals surface area (Å²) in [6, 6.07) is 16.8. The molecule has 3 aromatic rings. The predicted octanol–water partition coefficient (Wildman–Crippen LogP) is 4.15. The minimum Gasteiger partial charge on any atom is -0.493 e. The highest BCUT2D eigenvalue weighted by molar-refractivity contribution is 5.90. The first-order valence-corrected chi connectivity index (χ1v) is 9.74. The molecule has 2 aromatic carbocycles. The van der Waals surface area contributed by atoms with Crippen molar-refractivity contribution in [2.24, 2.45) is 0 Å². The highest BCUT2D eigenvalue weighted by atomic mass is 16.5. The number of methoxy groups -OCH3 is 3. The Morgan fingerprint density at radius 2 is 1.63 bits per heavy atom. The summed E-state index contributed by atoms with van der Waals surface area (Å²) in [5.74, 6) is 1.63. The summed E-state index contributed by atoms with van der Waals surface area (Å²) in [5.41, 5.74) is 2.66. The summed E-state index contributed by atoms with van der Waals surface area (Å²) < 4.78 is 18.7. The van der Waals surface area contributed by atoms with Crippen LogP contribution in [0.2, 0.25) is 0 Å². The average Bonchev–Trinajstić information content (AvgIpc) is 3.26. The number of benzene rings is 2. The van der Waals surface area contributed by atoms with E-state index in [0.29, 0.717) is 23.8 Å². The molecule has 1 atom stereocenters. The Hall–Kier alpha value is -3.61. The molecule has 1 aliphatic heterocycles. The van der Waals surface area contributed by atoms with Gasteiger partial charge < -0.3 is 29.0 Å². The van der Waals surface area contributed by atoms with Crippen molar-refractivity contribution in [2.45, 2.75) is 12.6 Å². The number of anilines is 1. The van der Waals surface area contributed by atoms with Gasteiger partial charge in [-0.2, -0.15) is 0 Å². The Kier molecular flexibility index (Phi) is 5.52. The fourth-order valence-electron chi connectivity index (χ4n) is 3.93. The van der Waals surface area contributed by atoms with E-state index >= 15 is 0 Å². The lowest BCUT2D eigenvalue weighted by atomic mass is 9.99. The minimum absolute atomic E-state index is 0.160. The highest BCUT2D eigenvalue weighted by Gasteiger charge is 2.33. The minimum atomic E-state index is -0.300. The third-order valence-electron chi connectivity index (χ3n) is 5.33. The second kappa shape index (κ2) is 8.41. The maximum absolute atomic E-state index is 13.2. The molecule has 2 heterocycles. The molecular formula is C23H25N3O4. The van der Waals surface area contributed by atoms with E-state index in [1.54, 1.807) is 21.3 Å². The van der Waals surface area contributed by atoms with Gasteiger partial charge in [0.25, 0.3) is 0 Å². The van der Waals surface area contributed by atoms with Crippen LogP contribution in [0, 0.1) is 0 Å². The van der Waals surface area contributed by atoms with Gasteiger partial charge in [0.2, 0.25) is 5.75 Å². The predicted molar refractivity (Wildman–Crippen MR) is 115 cm³/mol. The van der Waals surface area contributed by atoms with Gasteiger partial charge in [-0.3, -0.25) is 0 Å². The van der Waals surface area contributed by atoms with Crippen LogP contribution < -0.4 is 19.5 Å². The molecule has 1 aliphatic rings. The third kappa shape index (κ3) is 3.54. The second-order valence-electron chi connectivity index (χ2n) is 6.98. The highest BCUT2D eigenvalue weighted by Crippen LogP contribution is 2.43. The number of nitrogens with one attached hydrogen (secondary N) is 1. The topological polar surface area (TPSA) is 65.0 Å². The molecule has 4 rings (SSSR count). The summed E-state index contributed by atoms with van der Waals surface area (Å²) in [7, 11) is 4.75. The lowest BCUT2D eigenvalue weighted by Gasteiger charge is -2.37. The first-order valence-electron chi connectivity index (χ1n) is 9.74. The van der Waals surface area contributed by atoms with Gasteiger partial charge in [-0.25, -0.2) is 4.79 Å². The van der Waals surface area contributed by atoms with Crippen molar-refractivity contribution >= 4 is 11.7 Å². The molecule has 156 valence electrons. The molecule has 0 saturated heterocycles. The lowest BCUT2D eigenvalue weighted by molar-refractivity contribution is 0.181. The number of nitrogens with zero attached hydrogens (tertiary/aromatic N) is 2. The molecule has 0 aliphatic carbocycles. The molecular weight excluding hydrogens is 382 g/mol. The zero-order valence-corrected chi connectivity index (χ0v) is 17.3. The van der Waals surface area contributed by atoms with Crippen LogP contribution in [0.25, 0.3) is 0 Å². The lowest BCUT2D eigenvalue weighted by Crippen LogP contribution is -2.44. The largest absolute Gasteiger partial charge is 0.493 e. The second-order valence-corrected chi connectivity index (χ2v) is 6.98. The monoisotopic (exact) mass is 407 g/mol. The van der Waals surface area contributed by atoms with Crippen LogP contribution >= 0.6 is 0 Å². The third-order valence-corrected chi connectivity index (χ3v) is 5.33. The Morgan fingerprint density at radius 1 is 0.933 bits per heavy atom. The van der Waals surface area contributed by atoms with E-state index < -0.39 is 0 Å². The quantitative estimate of drug-likeness (QED) is 0.690. The van der Waals surface area contributed by atoms with Crippen LogP contribution in [-0.2, 0) is 6.54 Å². The summed E-state index contributed by atoms with van der Waals surface area (Å²) in [6.45, 7) is 1.30. The Morgan fingerprint density at radius 3 is 2.27 bits per heavy atom. The fourth-order valence-corrected chi connectivity index (χ4v) is 3.93. The van der Waals surface area contributed by atoms with Gasteiger partial charge in [0, 0.05) is 30.7 Å². The molecule has 1 aromatic heterocycles. The summed E-state index contributed by atoms with van der Waals surface area (Å²) in [5, 5.41) is 3.00. The molecule has 0 spiro atoms. The maximum atomic E-state index is 13.2. The van der Waals surface area contributed by atoms with Crippen molar-refractivity contribution in [3.05, 3.63) is 72.1 Å². The average molecular weight is 407 g/mol. The van der Waals surface area contributed by atoms with E-state index in [-0.39, 0.29) is 12.1 Å². The zero-order chi connectivity index (χ0) is 21.1. The number of hydrogen-bond donors (Lipinski definition) is 1. The molecule has 1 N–H and O–H groups in total. The normalized spacial score (nSPS) is 15.3. The Labute approximate surface area is 175 Å². The number of para-hydroxylation sites is 1. The van der Waals surface area contributed by atoms with Gasteiger partial charge in [-0.05, 0) is 42.0 Å². The number of fused-ring (bicyclic) bond motifs is 1. The fraction of sp³-hybridized carbons (Fsp3) is 0.261. The number of amides is 2. The molecule has 7 nitrogen and oxygen atoms in total. The van der Waals surface area contributed by atoms with Gasteiger partial charge in [0.15, 0.2) is 11.5 Å². The Bertz CT molecular complexity index is 1010. The number of urea groups is 1. The summed E-state index contributed by atoms with van der Waals surface area (Å²) in [4.78, 5) is 15.1.